The fraction of sp³-hybridized carbons (Fsp3) is 0.0909. The molecule has 0 fully saturated rings. The van der Waals surface area contributed by atoms with Crippen LogP contribution in [0.15, 0.2) is 65.6 Å². The molecular weight excluding hydrogens is 400 g/mol. The zero-order valence-electron chi connectivity index (χ0n) is 16.4. The number of aromatic amines is 1. The van der Waals surface area contributed by atoms with Crippen LogP contribution < -0.4 is 10.5 Å². The van der Waals surface area contributed by atoms with E-state index in [1.54, 1.807) is 32.0 Å². The van der Waals surface area contributed by atoms with Crippen LogP contribution in [0.2, 0.25) is 0 Å². The first-order chi connectivity index (χ1) is 14.2. The molecule has 0 bridgehead atoms. The maximum absolute atomic E-state index is 12.7. The molecule has 7 nitrogen and oxygen atoms in total. The lowest BCUT2D eigenvalue weighted by Crippen LogP contribution is -2.17. The number of carbonyl (C=O) groups excluding carboxylic acids is 1. The third-order valence-electron chi connectivity index (χ3n) is 4.99. The maximum atomic E-state index is 12.7. The Labute approximate surface area is 174 Å². The zero-order valence-corrected chi connectivity index (χ0v) is 17.2. The fourth-order valence-electron chi connectivity index (χ4n) is 3.26. The molecule has 8 heteroatoms. The van der Waals surface area contributed by atoms with Gasteiger partial charge in [-0.05, 0) is 73.5 Å². The number of amides is 1. The molecule has 0 aliphatic carbocycles. The van der Waals surface area contributed by atoms with E-state index < -0.39 is 15.9 Å². The zero-order chi connectivity index (χ0) is 21.5. The van der Waals surface area contributed by atoms with E-state index in [9.17, 15) is 13.2 Å². The van der Waals surface area contributed by atoms with Gasteiger partial charge in [0.05, 0.1) is 15.9 Å². The number of primary sulfonamides is 1. The largest absolute Gasteiger partial charge is 0.338 e. The SMILES string of the molecule is Cc1cc(C(=O)Nc2ccc(-c3nc4ccccc4[nH]3)cc2)cc(S(N)(=O)=O)c1C. The molecule has 0 radical (unpaired) electrons. The number of imidazole rings is 1. The summed E-state index contributed by atoms with van der Waals surface area (Å²) in [6.07, 6.45) is 0. The monoisotopic (exact) mass is 420 g/mol. The second-order valence-electron chi connectivity index (χ2n) is 7.10. The summed E-state index contributed by atoms with van der Waals surface area (Å²) < 4.78 is 23.6. The number of nitrogens with one attached hydrogen (secondary N) is 2. The molecule has 0 saturated carbocycles. The van der Waals surface area contributed by atoms with Gasteiger partial charge in [0, 0.05) is 16.8 Å². The summed E-state index contributed by atoms with van der Waals surface area (Å²) in [6, 6.07) is 17.9. The van der Waals surface area contributed by atoms with Crippen molar-refractivity contribution in [2.75, 3.05) is 5.32 Å². The second-order valence-corrected chi connectivity index (χ2v) is 8.63. The third kappa shape index (κ3) is 3.83. The number of aryl methyl sites for hydroxylation is 1. The molecule has 1 heterocycles. The number of anilines is 1. The normalized spacial score (nSPS) is 11.6. The van der Waals surface area contributed by atoms with E-state index in [2.05, 4.69) is 15.3 Å². The first-order valence-corrected chi connectivity index (χ1v) is 10.8. The fourth-order valence-corrected chi connectivity index (χ4v) is 4.14. The van der Waals surface area contributed by atoms with Crippen LogP contribution in [0.1, 0.15) is 21.5 Å². The molecule has 1 aromatic heterocycles. The Balaban J connectivity index is 1.58. The van der Waals surface area contributed by atoms with Gasteiger partial charge in [0.2, 0.25) is 10.0 Å². The van der Waals surface area contributed by atoms with Crippen LogP contribution in [0.25, 0.3) is 22.4 Å². The summed E-state index contributed by atoms with van der Waals surface area (Å²) in [5, 5.41) is 8.06. The Morgan fingerprint density at radius 1 is 1.03 bits per heavy atom. The van der Waals surface area contributed by atoms with Crippen molar-refractivity contribution in [3.63, 3.8) is 0 Å². The van der Waals surface area contributed by atoms with Crippen LogP contribution in [0.5, 0.6) is 0 Å². The summed E-state index contributed by atoms with van der Waals surface area (Å²) in [7, 11) is -3.92. The van der Waals surface area contributed by atoms with Crippen molar-refractivity contribution in [1.29, 1.82) is 0 Å². The molecule has 1 amide bonds. The van der Waals surface area contributed by atoms with E-state index in [1.165, 1.54) is 6.07 Å². The predicted octanol–water partition coefficient (Wildman–Crippen LogP) is 3.75. The number of H-pyrrole nitrogens is 1. The van der Waals surface area contributed by atoms with Crippen LogP contribution in [-0.4, -0.2) is 24.3 Å². The average molecular weight is 420 g/mol. The van der Waals surface area contributed by atoms with Gasteiger partial charge in [-0.3, -0.25) is 4.79 Å². The van der Waals surface area contributed by atoms with Gasteiger partial charge in [-0.1, -0.05) is 12.1 Å². The van der Waals surface area contributed by atoms with Gasteiger partial charge in [0.25, 0.3) is 5.91 Å². The molecule has 4 N–H and O–H groups in total. The Hall–Kier alpha value is -3.49. The smallest absolute Gasteiger partial charge is 0.255 e. The summed E-state index contributed by atoms with van der Waals surface area (Å²) in [5.41, 5.74) is 4.72. The van der Waals surface area contributed by atoms with Crippen molar-refractivity contribution in [3.8, 4) is 11.4 Å². The summed E-state index contributed by atoms with van der Waals surface area (Å²) in [5.74, 6) is 0.320. The molecule has 3 aromatic carbocycles. The van der Waals surface area contributed by atoms with Crippen LogP contribution >= 0.6 is 0 Å². The van der Waals surface area contributed by atoms with Crippen molar-refractivity contribution in [3.05, 3.63) is 77.4 Å². The summed E-state index contributed by atoms with van der Waals surface area (Å²) in [4.78, 5) is 20.4. The maximum Gasteiger partial charge on any atom is 0.255 e. The van der Waals surface area contributed by atoms with Crippen molar-refractivity contribution in [2.24, 2.45) is 5.14 Å². The van der Waals surface area contributed by atoms with Gasteiger partial charge < -0.3 is 10.3 Å². The molecule has 0 saturated heterocycles. The number of benzene rings is 3. The minimum absolute atomic E-state index is 0.0483. The van der Waals surface area contributed by atoms with E-state index in [-0.39, 0.29) is 10.5 Å². The van der Waals surface area contributed by atoms with Crippen molar-refractivity contribution < 1.29 is 13.2 Å². The molecule has 30 heavy (non-hydrogen) atoms. The standard InChI is InChI=1S/C22H20N4O3S/c1-13-11-16(12-20(14(13)2)30(23,28)29)22(27)24-17-9-7-15(8-10-17)21-25-18-5-3-4-6-19(18)26-21/h3-12H,1-2H3,(H,24,27)(H,25,26)(H2,23,28,29). The molecule has 4 aromatic rings. The van der Waals surface area contributed by atoms with Gasteiger partial charge in [-0.2, -0.15) is 0 Å². The Morgan fingerprint density at radius 3 is 2.40 bits per heavy atom. The number of nitrogens with two attached hydrogens (primary N) is 1. The van der Waals surface area contributed by atoms with Gasteiger partial charge in [0.1, 0.15) is 5.82 Å². The number of fused-ring (bicyclic) bond motifs is 1. The average Bonchev–Trinajstić information content (AvgIpc) is 3.13. The first kappa shape index (κ1) is 19.8. The minimum atomic E-state index is -3.92. The number of rotatable bonds is 4. The predicted molar refractivity (Wildman–Crippen MR) is 117 cm³/mol. The Kier molecular flexibility index (Phi) is 4.89. The molecule has 0 atom stereocenters. The number of sulfonamides is 1. The summed E-state index contributed by atoms with van der Waals surface area (Å²) >= 11 is 0. The number of para-hydroxylation sites is 2. The molecule has 0 aliphatic rings. The van der Waals surface area contributed by atoms with Gasteiger partial charge >= 0.3 is 0 Å². The second kappa shape index (κ2) is 7.40. The van der Waals surface area contributed by atoms with E-state index in [1.807, 2.05) is 36.4 Å². The number of carbonyl (C=O) groups is 1. The van der Waals surface area contributed by atoms with Gasteiger partial charge in [-0.15, -0.1) is 0 Å². The minimum Gasteiger partial charge on any atom is -0.338 e. The summed E-state index contributed by atoms with van der Waals surface area (Å²) in [6.45, 7) is 3.40. The lowest BCUT2D eigenvalue weighted by molar-refractivity contribution is 0.102. The lowest BCUT2D eigenvalue weighted by Gasteiger charge is -2.11. The van der Waals surface area contributed by atoms with Crippen LogP contribution in [0.3, 0.4) is 0 Å². The molecule has 0 spiro atoms. The van der Waals surface area contributed by atoms with Gasteiger partial charge in [0.15, 0.2) is 0 Å². The number of nitrogens with zero attached hydrogens (tertiary/aromatic N) is 1. The molecule has 152 valence electrons. The molecule has 0 aliphatic heterocycles. The molecule has 0 unspecified atom stereocenters. The third-order valence-corrected chi connectivity index (χ3v) is 6.03. The van der Waals surface area contributed by atoms with Gasteiger partial charge in [-0.25, -0.2) is 18.5 Å². The van der Waals surface area contributed by atoms with Crippen LogP contribution in [0.4, 0.5) is 5.69 Å². The number of hydrogen-bond donors (Lipinski definition) is 3. The van der Waals surface area contributed by atoms with Crippen LogP contribution in [0, 0.1) is 13.8 Å². The Morgan fingerprint density at radius 2 is 1.73 bits per heavy atom. The highest BCUT2D eigenvalue weighted by molar-refractivity contribution is 7.89. The van der Waals surface area contributed by atoms with E-state index >= 15 is 0 Å². The lowest BCUT2D eigenvalue weighted by atomic mass is 10.1. The highest BCUT2D eigenvalue weighted by atomic mass is 32.2. The van der Waals surface area contributed by atoms with Crippen molar-refractivity contribution in [2.45, 2.75) is 18.7 Å². The topological polar surface area (TPSA) is 118 Å². The van der Waals surface area contributed by atoms with E-state index in [0.717, 1.165) is 22.4 Å². The van der Waals surface area contributed by atoms with E-state index in [4.69, 9.17) is 5.14 Å². The number of hydrogen-bond acceptors (Lipinski definition) is 4. The van der Waals surface area contributed by atoms with E-state index in [0.29, 0.717) is 16.8 Å². The first-order valence-electron chi connectivity index (χ1n) is 9.23. The van der Waals surface area contributed by atoms with Crippen molar-refractivity contribution >= 4 is 32.7 Å². The quantitative estimate of drug-likeness (QED) is 0.466. The molecular formula is C22H20N4O3S. The highest BCUT2D eigenvalue weighted by Crippen LogP contribution is 2.24. The number of aromatic nitrogens is 2. The van der Waals surface area contributed by atoms with Crippen molar-refractivity contribution in [1.82, 2.24) is 9.97 Å². The highest BCUT2D eigenvalue weighted by Gasteiger charge is 2.17. The Bertz CT molecular complexity index is 1340. The van der Waals surface area contributed by atoms with Crippen LogP contribution in [-0.2, 0) is 10.0 Å². The molecule has 4 rings (SSSR count).